The van der Waals surface area contributed by atoms with Gasteiger partial charge in [-0.15, -0.1) is 0 Å². The Morgan fingerprint density at radius 2 is 1.76 bits per heavy atom. The minimum Gasteiger partial charge on any atom is -0.481 e. The molecule has 25 heavy (non-hydrogen) atoms. The van der Waals surface area contributed by atoms with Gasteiger partial charge in [0.05, 0.1) is 18.2 Å². The van der Waals surface area contributed by atoms with E-state index in [1.54, 1.807) is 31.2 Å². The SMILES string of the molecule is C[C@@H](Oc1ccc(C#N)cc1)C(=O)NNC(=O)CNc1ccccc1. The zero-order valence-corrected chi connectivity index (χ0v) is 13.7. The smallest absolute Gasteiger partial charge is 0.279 e. The van der Waals surface area contributed by atoms with Crippen molar-refractivity contribution >= 4 is 17.5 Å². The first-order chi connectivity index (χ1) is 12.1. The normalized spacial score (nSPS) is 10.9. The molecule has 7 nitrogen and oxygen atoms in total. The van der Waals surface area contributed by atoms with Gasteiger partial charge in [-0.05, 0) is 43.3 Å². The van der Waals surface area contributed by atoms with Gasteiger partial charge in [-0.25, -0.2) is 0 Å². The molecule has 0 radical (unpaired) electrons. The fourth-order valence-corrected chi connectivity index (χ4v) is 1.88. The third kappa shape index (κ3) is 5.88. The van der Waals surface area contributed by atoms with E-state index in [-0.39, 0.29) is 12.5 Å². The molecule has 2 aromatic carbocycles. The Balaban J connectivity index is 1.73. The predicted molar refractivity (Wildman–Crippen MR) is 92.5 cm³/mol. The van der Waals surface area contributed by atoms with E-state index in [1.165, 1.54) is 0 Å². The first kappa shape index (κ1) is 17.8. The summed E-state index contributed by atoms with van der Waals surface area (Å²) in [6, 6.07) is 17.6. The van der Waals surface area contributed by atoms with Gasteiger partial charge in [-0.3, -0.25) is 20.4 Å². The number of hydrazine groups is 1. The monoisotopic (exact) mass is 338 g/mol. The zero-order chi connectivity index (χ0) is 18.1. The van der Waals surface area contributed by atoms with Crippen LogP contribution in [0.3, 0.4) is 0 Å². The van der Waals surface area contributed by atoms with Crippen LogP contribution in [-0.4, -0.2) is 24.5 Å². The molecule has 0 unspecified atom stereocenters. The van der Waals surface area contributed by atoms with Crippen LogP contribution < -0.4 is 20.9 Å². The lowest BCUT2D eigenvalue weighted by molar-refractivity contribution is -0.132. The summed E-state index contributed by atoms with van der Waals surface area (Å²) in [4.78, 5) is 23.6. The van der Waals surface area contributed by atoms with E-state index in [0.717, 1.165) is 5.69 Å². The number of anilines is 1. The summed E-state index contributed by atoms with van der Waals surface area (Å²) in [5.41, 5.74) is 5.93. The maximum Gasteiger partial charge on any atom is 0.279 e. The molecule has 128 valence electrons. The number of benzene rings is 2. The lowest BCUT2D eigenvalue weighted by atomic mass is 10.2. The molecular weight excluding hydrogens is 320 g/mol. The Morgan fingerprint density at radius 3 is 2.40 bits per heavy atom. The van der Waals surface area contributed by atoms with E-state index in [1.807, 2.05) is 36.4 Å². The average molecular weight is 338 g/mol. The Morgan fingerprint density at radius 1 is 1.08 bits per heavy atom. The van der Waals surface area contributed by atoms with Gasteiger partial charge in [-0.2, -0.15) is 5.26 Å². The number of carbonyl (C=O) groups excluding carboxylic acids is 2. The molecule has 0 bridgehead atoms. The molecule has 0 fully saturated rings. The van der Waals surface area contributed by atoms with E-state index in [4.69, 9.17) is 10.00 Å². The molecule has 0 saturated heterocycles. The van der Waals surface area contributed by atoms with Crippen molar-refractivity contribution < 1.29 is 14.3 Å². The van der Waals surface area contributed by atoms with Crippen LogP contribution in [0.25, 0.3) is 0 Å². The summed E-state index contributed by atoms with van der Waals surface area (Å²) >= 11 is 0. The zero-order valence-electron chi connectivity index (χ0n) is 13.7. The molecule has 7 heteroatoms. The van der Waals surface area contributed by atoms with Gasteiger partial charge in [0.15, 0.2) is 6.10 Å². The largest absolute Gasteiger partial charge is 0.481 e. The van der Waals surface area contributed by atoms with Gasteiger partial charge in [0.2, 0.25) is 0 Å². The quantitative estimate of drug-likeness (QED) is 0.694. The van der Waals surface area contributed by atoms with Crippen LogP contribution in [0.1, 0.15) is 12.5 Å². The second-order valence-corrected chi connectivity index (χ2v) is 5.15. The number of nitrogens with zero attached hydrogens (tertiary/aromatic N) is 1. The summed E-state index contributed by atoms with van der Waals surface area (Å²) in [5.74, 6) is -0.418. The highest BCUT2D eigenvalue weighted by atomic mass is 16.5. The molecule has 2 amide bonds. The Bertz CT molecular complexity index is 754. The summed E-state index contributed by atoms with van der Waals surface area (Å²) in [5, 5.41) is 11.7. The molecule has 0 aliphatic rings. The highest BCUT2D eigenvalue weighted by molar-refractivity contribution is 5.86. The highest BCUT2D eigenvalue weighted by Crippen LogP contribution is 2.13. The average Bonchev–Trinajstić information content (AvgIpc) is 2.65. The van der Waals surface area contributed by atoms with Gasteiger partial charge in [0.1, 0.15) is 5.75 Å². The fraction of sp³-hybridized carbons (Fsp3) is 0.167. The Labute approximate surface area is 145 Å². The number of hydrogen-bond acceptors (Lipinski definition) is 5. The molecule has 0 spiro atoms. The van der Waals surface area contributed by atoms with Crippen molar-refractivity contribution in [2.24, 2.45) is 0 Å². The minimum absolute atomic E-state index is 0.0230. The van der Waals surface area contributed by atoms with E-state index in [0.29, 0.717) is 11.3 Å². The molecule has 0 aliphatic carbocycles. The number of nitrogens with one attached hydrogen (secondary N) is 3. The standard InChI is InChI=1S/C18H18N4O3/c1-13(25-16-9-7-14(11-19)8-10-16)18(24)22-21-17(23)12-20-15-5-3-2-4-6-15/h2-10,13,20H,12H2,1H3,(H,21,23)(H,22,24)/t13-/m1/s1. The van der Waals surface area contributed by atoms with Crippen LogP contribution in [0.5, 0.6) is 5.75 Å². The Hall–Kier alpha value is -3.53. The molecule has 1 atom stereocenters. The molecule has 0 aromatic heterocycles. The maximum atomic E-state index is 11.9. The van der Waals surface area contributed by atoms with E-state index in [9.17, 15) is 9.59 Å². The number of ether oxygens (including phenoxy) is 1. The topological polar surface area (TPSA) is 103 Å². The summed E-state index contributed by atoms with van der Waals surface area (Å²) in [6.07, 6.45) is -0.810. The molecule has 2 aromatic rings. The van der Waals surface area contributed by atoms with Crippen LogP contribution in [-0.2, 0) is 9.59 Å². The summed E-state index contributed by atoms with van der Waals surface area (Å²) in [7, 11) is 0. The fourth-order valence-electron chi connectivity index (χ4n) is 1.88. The number of nitriles is 1. The van der Waals surface area contributed by atoms with Crippen LogP contribution in [0.15, 0.2) is 54.6 Å². The Kier molecular flexibility index (Phi) is 6.37. The lowest BCUT2D eigenvalue weighted by Crippen LogP contribution is -2.48. The third-order valence-electron chi connectivity index (χ3n) is 3.22. The van der Waals surface area contributed by atoms with Crippen LogP contribution in [0, 0.1) is 11.3 Å². The van der Waals surface area contributed by atoms with Gasteiger partial charge in [0, 0.05) is 5.69 Å². The lowest BCUT2D eigenvalue weighted by Gasteiger charge is -2.15. The van der Waals surface area contributed by atoms with Gasteiger partial charge >= 0.3 is 0 Å². The highest BCUT2D eigenvalue weighted by Gasteiger charge is 2.15. The molecule has 0 heterocycles. The van der Waals surface area contributed by atoms with E-state index in [2.05, 4.69) is 16.2 Å². The van der Waals surface area contributed by atoms with Crippen molar-refractivity contribution in [3.05, 3.63) is 60.2 Å². The number of hydrogen-bond donors (Lipinski definition) is 3. The van der Waals surface area contributed by atoms with Crippen molar-refractivity contribution in [3.63, 3.8) is 0 Å². The van der Waals surface area contributed by atoms with E-state index >= 15 is 0 Å². The maximum absolute atomic E-state index is 11.9. The van der Waals surface area contributed by atoms with Gasteiger partial charge < -0.3 is 10.1 Å². The molecule has 0 aliphatic heterocycles. The third-order valence-corrected chi connectivity index (χ3v) is 3.22. The number of rotatable bonds is 6. The van der Waals surface area contributed by atoms with E-state index < -0.39 is 12.0 Å². The first-order valence-electron chi connectivity index (χ1n) is 7.63. The first-order valence-corrected chi connectivity index (χ1v) is 7.63. The van der Waals surface area contributed by atoms with Crippen LogP contribution in [0.2, 0.25) is 0 Å². The summed E-state index contributed by atoms with van der Waals surface area (Å²) in [6.45, 7) is 1.58. The predicted octanol–water partition coefficient (Wildman–Crippen LogP) is 1.59. The number of amides is 2. The molecule has 3 N–H and O–H groups in total. The van der Waals surface area contributed by atoms with Crippen molar-refractivity contribution in [1.29, 1.82) is 5.26 Å². The van der Waals surface area contributed by atoms with Crippen LogP contribution >= 0.6 is 0 Å². The number of carbonyl (C=O) groups is 2. The summed E-state index contributed by atoms with van der Waals surface area (Å²) < 4.78 is 5.45. The van der Waals surface area contributed by atoms with Crippen molar-refractivity contribution in [2.75, 3.05) is 11.9 Å². The number of para-hydroxylation sites is 1. The van der Waals surface area contributed by atoms with Crippen molar-refractivity contribution in [3.8, 4) is 11.8 Å². The van der Waals surface area contributed by atoms with Crippen molar-refractivity contribution in [2.45, 2.75) is 13.0 Å². The van der Waals surface area contributed by atoms with Crippen molar-refractivity contribution in [1.82, 2.24) is 10.9 Å². The molecule has 0 saturated carbocycles. The van der Waals surface area contributed by atoms with Gasteiger partial charge in [-0.1, -0.05) is 18.2 Å². The molecular formula is C18H18N4O3. The van der Waals surface area contributed by atoms with Gasteiger partial charge in [0.25, 0.3) is 11.8 Å². The van der Waals surface area contributed by atoms with Crippen LogP contribution in [0.4, 0.5) is 5.69 Å². The minimum atomic E-state index is -0.810. The second-order valence-electron chi connectivity index (χ2n) is 5.15. The second kappa shape index (κ2) is 8.93. The molecule has 2 rings (SSSR count).